The molecule has 0 aromatic heterocycles. The lowest BCUT2D eigenvalue weighted by Gasteiger charge is -2.11. The number of rotatable bonds is 3. The van der Waals surface area contributed by atoms with Gasteiger partial charge in [0.2, 0.25) is 0 Å². The van der Waals surface area contributed by atoms with Crippen LogP contribution in [0.4, 0.5) is 0 Å². The zero-order chi connectivity index (χ0) is 20.7. The predicted molar refractivity (Wildman–Crippen MR) is 156 cm³/mol. The van der Waals surface area contributed by atoms with Crippen LogP contribution in [0, 0.1) is 0 Å². The van der Waals surface area contributed by atoms with Crippen LogP contribution in [0.2, 0.25) is 0 Å². The van der Waals surface area contributed by atoms with Gasteiger partial charge in [0, 0.05) is 34.2 Å². The summed E-state index contributed by atoms with van der Waals surface area (Å²) >= 11 is 18.8. The molecule has 158 valence electrons. The predicted octanol–water partition coefficient (Wildman–Crippen LogP) is 9.35. The lowest BCUT2D eigenvalue weighted by Crippen LogP contribution is -1.94. The first-order valence-electron chi connectivity index (χ1n) is 9.02. The molecule has 11 heteroatoms. The molecule has 0 spiro atoms. The molecule has 5 aliphatic heterocycles. The second kappa shape index (κ2) is 10.5. The fourth-order valence-electron chi connectivity index (χ4n) is 2.76. The van der Waals surface area contributed by atoms with Crippen LogP contribution in [-0.2, 0) is 4.79 Å². The molecule has 30 heavy (non-hydrogen) atoms. The Morgan fingerprint density at radius 1 is 0.633 bits per heavy atom. The molecule has 0 N–H and O–H groups in total. The van der Waals surface area contributed by atoms with Crippen LogP contribution in [0.3, 0.4) is 0 Å². The molecule has 0 saturated heterocycles. The Labute approximate surface area is 220 Å². The number of hydrogen-bond acceptors (Lipinski definition) is 11. The van der Waals surface area contributed by atoms with Crippen LogP contribution in [0.25, 0.3) is 0 Å². The van der Waals surface area contributed by atoms with E-state index in [1.165, 1.54) is 46.7 Å². The zero-order valence-electron chi connectivity index (χ0n) is 16.0. The number of aldehydes is 1. The van der Waals surface area contributed by atoms with E-state index in [0.29, 0.717) is 0 Å². The summed E-state index contributed by atoms with van der Waals surface area (Å²) in [6.07, 6.45) is 3.37. The van der Waals surface area contributed by atoms with Crippen molar-refractivity contribution < 1.29 is 4.79 Å². The molecule has 5 heterocycles. The highest BCUT2D eigenvalue weighted by molar-refractivity contribution is 8.42. The number of hydrogen-bond donors (Lipinski definition) is 0. The van der Waals surface area contributed by atoms with Crippen LogP contribution < -0.4 is 0 Å². The molecule has 0 saturated carbocycles. The second-order valence-electron chi connectivity index (χ2n) is 6.25. The zero-order valence-corrected chi connectivity index (χ0v) is 24.1. The molecule has 0 aromatic carbocycles. The van der Waals surface area contributed by atoms with E-state index in [4.69, 9.17) is 0 Å². The SMILES string of the molecule is CC1=C(C)SC(=C(C=C2SC3=C(SCCS3)S2)C(C=O)=C2SC3=C(SCCS3)S2)S1. The first-order valence-corrected chi connectivity index (χ1v) is 17.9. The van der Waals surface area contributed by atoms with E-state index in [1.54, 1.807) is 23.5 Å². The minimum atomic E-state index is 0.858. The van der Waals surface area contributed by atoms with Gasteiger partial charge in [0.1, 0.15) is 0 Å². The van der Waals surface area contributed by atoms with Crippen molar-refractivity contribution in [3.8, 4) is 0 Å². The maximum atomic E-state index is 12.4. The van der Waals surface area contributed by atoms with E-state index in [-0.39, 0.29) is 0 Å². The molecule has 5 aliphatic rings. The van der Waals surface area contributed by atoms with E-state index in [1.807, 2.05) is 94.1 Å². The number of allylic oxidation sites excluding steroid dienone is 5. The molecule has 0 unspecified atom stereocenters. The smallest absolute Gasteiger partial charge is 0.152 e. The Hall–Kier alpha value is 1.61. The Bertz CT molecular complexity index is 941. The van der Waals surface area contributed by atoms with Crippen LogP contribution in [0.5, 0.6) is 0 Å². The van der Waals surface area contributed by atoms with Crippen molar-refractivity contribution >= 4 is 124 Å². The third-order valence-electron chi connectivity index (χ3n) is 4.29. The molecule has 0 atom stereocenters. The van der Waals surface area contributed by atoms with Gasteiger partial charge in [-0.2, -0.15) is 0 Å². The van der Waals surface area contributed by atoms with E-state index in [2.05, 4.69) is 19.9 Å². The number of carbonyl (C=O) groups is 1. The van der Waals surface area contributed by atoms with Gasteiger partial charge in [-0.05, 0) is 29.7 Å². The third-order valence-corrected chi connectivity index (χ3v) is 18.4. The molecular formula is C19H16OS10. The van der Waals surface area contributed by atoms with Gasteiger partial charge in [0.05, 0.1) is 29.7 Å². The second-order valence-corrected chi connectivity index (χ2v) is 19.1. The minimum absolute atomic E-state index is 0.858. The largest absolute Gasteiger partial charge is 0.298 e. The summed E-state index contributed by atoms with van der Waals surface area (Å²) < 4.78 is 9.34. The Balaban J connectivity index is 1.51. The molecule has 0 radical (unpaired) electrons. The van der Waals surface area contributed by atoms with Gasteiger partial charge >= 0.3 is 0 Å². The molecule has 0 fully saturated rings. The van der Waals surface area contributed by atoms with Gasteiger partial charge in [-0.25, -0.2) is 0 Å². The molecule has 0 amide bonds. The van der Waals surface area contributed by atoms with E-state index in [9.17, 15) is 4.79 Å². The maximum absolute atomic E-state index is 12.4. The van der Waals surface area contributed by atoms with E-state index < -0.39 is 0 Å². The fourth-order valence-corrected chi connectivity index (χ4v) is 17.2. The molecule has 0 aromatic rings. The van der Waals surface area contributed by atoms with Gasteiger partial charge < -0.3 is 0 Å². The first kappa shape index (κ1) is 23.4. The van der Waals surface area contributed by atoms with Crippen LogP contribution in [0.15, 0.2) is 56.7 Å². The van der Waals surface area contributed by atoms with Crippen LogP contribution in [-0.4, -0.2) is 29.3 Å². The molecular weight excluding hydrogens is 565 g/mol. The average molecular weight is 581 g/mol. The summed E-state index contributed by atoms with van der Waals surface area (Å²) in [7, 11) is 0. The van der Waals surface area contributed by atoms with Crippen molar-refractivity contribution in [3.05, 3.63) is 56.7 Å². The summed E-state index contributed by atoms with van der Waals surface area (Å²) in [6.45, 7) is 4.36. The Morgan fingerprint density at radius 3 is 1.53 bits per heavy atom. The molecule has 1 nitrogen and oxygen atoms in total. The van der Waals surface area contributed by atoms with Crippen molar-refractivity contribution in [2.45, 2.75) is 13.8 Å². The number of carbonyl (C=O) groups excluding carboxylic acids is 1. The van der Waals surface area contributed by atoms with Crippen LogP contribution >= 0.6 is 118 Å². The fraction of sp³-hybridized carbons (Fsp3) is 0.316. The van der Waals surface area contributed by atoms with Crippen LogP contribution in [0.1, 0.15) is 13.8 Å². The normalized spacial score (nSPS) is 24.0. The van der Waals surface area contributed by atoms with Crippen molar-refractivity contribution in [1.29, 1.82) is 0 Å². The first-order chi connectivity index (χ1) is 14.6. The summed E-state index contributed by atoms with van der Waals surface area (Å²) in [4.78, 5) is 15.1. The van der Waals surface area contributed by atoms with Crippen molar-refractivity contribution in [2.75, 3.05) is 23.0 Å². The average Bonchev–Trinajstić information content (AvgIpc) is 3.44. The van der Waals surface area contributed by atoms with Crippen molar-refractivity contribution in [3.63, 3.8) is 0 Å². The lowest BCUT2D eigenvalue weighted by atomic mass is 10.1. The van der Waals surface area contributed by atoms with Gasteiger partial charge in [-0.15, -0.1) is 47.0 Å². The van der Waals surface area contributed by atoms with Gasteiger partial charge in [-0.1, -0.05) is 70.6 Å². The van der Waals surface area contributed by atoms with E-state index >= 15 is 0 Å². The Morgan fingerprint density at radius 2 is 1.07 bits per heavy atom. The topological polar surface area (TPSA) is 17.1 Å². The standard InChI is InChI=1S/C19H16OS10/c1-9-10(2)26-14(25-9)11(7-13-27-16-17(28-13)22-4-3-21-16)12(8-20)15-29-18-19(30-15)24-6-5-23-18/h7-8H,3-6H2,1-2H3. The van der Waals surface area contributed by atoms with Crippen molar-refractivity contribution in [1.82, 2.24) is 0 Å². The lowest BCUT2D eigenvalue weighted by molar-refractivity contribution is -0.104. The molecule has 5 rings (SSSR count). The van der Waals surface area contributed by atoms with Crippen molar-refractivity contribution in [2.24, 2.45) is 0 Å². The molecule has 0 aliphatic carbocycles. The highest BCUT2D eigenvalue weighted by Crippen LogP contribution is 2.63. The summed E-state index contributed by atoms with van der Waals surface area (Å²) in [5.41, 5.74) is 1.96. The summed E-state index contributed by atoms with van der Waals surface area (Å²) in [5, 5.41) is 0. The monoisotopic (exact) mass is 580 g/mol. The van der Waals surface area contributed by atoms with E-state index in [0.717, 1.165) is 33.2 Å². The maximum Gasteiger partial charge on any atom is 0.152 e. The number of thioether (sulfide) groups is 10. The van der Waals surface area contributed by atoms with Gasteiger partial charge in [-0.3, -0.25) is 4.79 Å². The quantitative estimate of drug-likeness (QED) is 0.235. The molecule has 0 bridgehead atoms. The summed E-state index contributed by atoms with van der Waals surface area (Å²) in [6, 6.07) is 0. The summed E-state index contributed by atoms with van der Waals surface area (Å²) in [5.74, 6) is 4.70. The highest BCUT2D eigenvalue weighted by atomic mass is 32.3. The Kier molecular flexibility index (Phi) is 8.16. The third kappa shape index (κ3) is 5.00. The van der Waals surface area contributed by atoms with Gasteiger partial charge in [0.15, 0.2) is 6.29 Å². The van der Waals surface area contributed by atoms with Gasteiger partial charge in [0.25, 0.3) is 0 Å². The highest BCUT2D eigenvalue weighted by Gasteiger charge is 2.31. The minimum Gasteiger partial charge on any atom is -0.298 e.